The molecule has 0 aromatic carbocycles. The van der Waals surface area contributed by atoms with Crippen LogP contribution in [0.2, 0.25) is 0 Å². The van der Waals surface area contributed by atoms with Crippen LogP contribution in [0.25, 0.3) is 11.7 Å². The van der Waals surface area contributed by atoms with Gasteiger partial charge in [0.2, 0.25) is 0 Å². The second-order valence-electron chi connectivity index (χ2n) is 7.33. The van der Waals surface area contributed by atoms with Crippen LogP contribution >= 0.6 is 24.0 Å². The van der Waals surface area contributed by atoms with Crippen LogP contribution in [0, 0.1) is 6.92 Å². The molecule has 0 N–H and O–H groups in total. The zero-order valence-electron chi connectivity index (χ0n) is 17.1. The number of aryl methyl sites for hydroxylation is 1. The average Bonchev–Trinajstić information content (AvgIpc) is 3.02. The van der Waals surface area contributed by atoms with Crippen LogP contribution in [-0.2, 0) is 9.53 Å². The Hall–Kier alpha value is -2.23. The number of anilines is 1. The molecule has 158 valence electrons. The van der Waals surface area contributed by atoms with E-state index >= 15 is 0 Å². The fourth-order valence-electron chi connectivity index (χ4n) is 3.58. The molecule has 4 heterocycles. The molecule has 0 atom stereocenters. The second-order valence-corrected chi connectivity index (χ2v) is 9.00. The van der Waals surface area contributed by atoms with Crippen molar-refractivity contribution in [1.29, 1.82) is 0 Å². The topological polar surface area (TPSA) is 67.2 Å². The van der Waals surface area contributed by atoms with E-state index in [-0.39, 0.29) is 11.5 Å². The maximum Gasteiger partial charge on any atom is 0.267 e. The summed E-state index contributed by atoms with van der Waals surface area (Å²) in [6, 6.07) is 3.76. The SMILES string of the molecule is CCCCN1C(=O)C(=Cc2c(N3CCOCC3)nc3c(C)cccn3c2=O)SC1=S. The van der Waals surface area contributed by atoms with Crippen LogP contribution in [0.3, 0.4) is 0 Å². The molecule has 2 aliphatic heterocycles. The Bertz CT molecular complexity index is 1090. The third kappa shape index (κ3) is 3.89. The van der Waals surface area contributed by atoms with E-state index in [0.29, 0.717) is 59.1 Å². The minimum absolute atomic E-state index is 0.139. The summed E-state index contributed by atoms with van der Waals surface area (Å²) in [4.78, 5) is 35.3. The number of aromatic nitrogens is 2. The number of hydrogen-bond acceptors (Lipinski definition) is 7. The molecule has 30 heavy (non-hydrogen) atoms. The van der Waals surface area contributed by atoms with E-state index in [0.717, 1.165) is 18.4 Å². The summed E-state index contributed by atoms with van der Waals surface area (Å²) in [5.74, 6) is 0.455. The van der Waals surface area contributed by atoms with Crippen LogP contribution in [0.5, 0.6) is 0 Å². The number of morpholine rings is 1. The molecule has 7 nitrogen and oxygen atoms in total. The number of pyridine rings is 1. The Morgan fingerprint density at radius 2 is 2.07 bits per heavy atom. The van der Waals surface area contributed by atoms with E-state index in [1.54, 1.807) is 21.6 Å². The fraction of sp³-hybridized carbons (Fsp3) is 0.429. The number of thioether (sulfide) groups is 1. The zero-order valence-corrected chi connectivity index (χ0v) is 18.7. The first-order valence-electron chi connectivity index (χ1n) is 10.1. The number of unbranched alkanes of at least 4 members (excludes halogenated alkanes) is 1. The summed E-state index contributed by atoms with van der Waals surface area (Å²) in [5.41, 5.74) is 1.76. The molecule has 2 aromatic rings. The maximum absolute atomic E-state index is 13.4. The van der Waals surface area contributed by atoms with Gasteiger partial charge in [-0.15, -0.1) is 0 Å². The molecule has 9 heteroatoms. The maximum atomic E-state index is 13.4. The van der Waals surface area contributed by atoms with Crippen molar-refractivity contribution in [2.75, 3.05) is 37.7 Å². The Kier molecular flexibility index (Phi) is 6.21. The van der Waals surface area contributed by atoms with Gasteiger partial charge in [-0.3, -0.25) is 18.9 Å². The number of fused-ring (bicyclic) bond motifs is 1. The first-order valence-corrected chi connectivity index (χ1v) is 11.3. The Morgan fingerprint density at radius 3 is 2.80 bits per heavy atom. The van der Waals surface area contributed by atoms with Gasteiger partial charge in [-0.25, -0.2) is 4.98 Å². The Balaban J connectivity index is 1.84. The van der Waals surface area contributed by atoms with Gasteiger partial charge in [-0.2, -0.15) is 0 Å². The number of carbonyl (C=O) groups excluding carboxylic acids is 1. The number of nitrogens with zero attached hydrogens (tertiary/aromatic N) is 4. The van der Waals surface area contributed by atoms with Gasteiger partial charge in [0.05, 0.1) is 23.7 Å². The van der Waals surface area contributed by atoms with Gasteiger partial charge >= 0.3 is 0 Å². The first-order chi connectivity index (χ1) is 14.5. The van der Waals surface area contributed by atoms with E-state index < -0.39 is 0 Å². The molecule has 2 aliphatic rings. The quantitative estimate of drug-likeness (QED) is 0.519. The van der Waals surface area contributed by atoms with Crippen molar-refractivity contribution < 1.29 is 9.53 Å². The molecule has 4 rings (SSSR count). The minimum Gasteiger partial charge on any atom is -0.378 e. The lowest BCUT2D eigenvalue weighted by molar-refractivity contribution is -0.122. The van der Waals surface area contributed by atoms with Crippen molar-refractivity contribution in [3.05, 3.63) is 44.7 Å². The fourth-order valence-corrected chi connectivity index (χ4v) is 4.87. The van der Waals surface area contributed by atoms with Gasteiger partial charge in [0.15, 0.2) is 0 Å². The van der Waals surface area contributed by atoms with Crippen LogP contribution in [0.1, 0.15) is 30.9 Å². The van der Waals surface area contributed by atoms with E-state index in [1.807, 2.05) is 19.1 Å². The molecule has 0 bridgehead atoms. The van der Waals surface area contributed by atoms with Crippen molar-refractivity contribution in [3.63, 3.8) is 0 Å². The molecule has 0 spiro atoms. The van der Waals surface area contributed by atoms with Crippen LogP contribution in [-0.4, -0.2) is 57.4 Å². The monoisotopic (exact) mass is 444 g/mol. The van der Waals surface area contributed by atoms with E-state index in [4.69, 9.17) is 21.9 Å². The highest BCUT2D eigenvalue weighted by Crippen LogP contribution is 2.33. The van der Waals surface area contributed by atoms with Crippen molar-refractivity contribution in [2.24, 2.45) is 0 Å². The molecule has 0 unspecified atom stereocenters. The van der Waals surface area contributed by atoms with E-state index in [1.165, 1.54) is 11.8 Å². The summed E-state index contributed by atoms with van der Waals surface area (Å²) >= 11 is 6.66. The number of hydrogen-bond donors (Lipinski definition) is 0. The zero-order chi connectivity index (χ0) is 21.3. The lowest BCUT2D eigenvalue weighted by atomic mass is 10.2. The van der Waals surface area contributed by atoms with Gasteiger partial charge in [0, 0.05) is 25.8 Å². The van der Waals surface area contributed by atoms with Gasteiger partial charge in [0.1, 0.15) is 15.8 Å². The summed E-state index contributed by atoms with van der Waals surface area (Å²) in [5, 5.41) is 0. The first kappa shape index (κ1) is 21.0. The number of ether oxygens (including phenoxy) is 1. The third-order valence-corrected chi connectivity index (χ3v) is 6.64. The van der Waals surface area contributed by atoms with Gasteiger partial charge < -0.3 is 9.64 Å². The van der Waals surface area contributed by atoms with Gasteiger partial charge in [0.25, 0.3) is 11.5 Å². The number of carbonyl (C=O) groups is 1. The summed E-state index contributed by atoms with van der Waals surface area (Å²) in [6.07, 6.45) is 5.25. The van der Waals surface area contributed by atoms with Crippen molar-refractivity contribution in [1.82, 2.24) is 14.3 Å². The van der Waals surface area contributed by atoms with Crippen LogP contribution in [0.15, 0.2) is 28.0 Å². The number of thiocarbonyl (C=S) groups is 1. The smallest absolute Gasteiger partial charge is 0.267 e. The molecule has 1 amide bonds. The molecule has 0 radical (unpaired) electrons. The highest BCUT2D eigenvalue weighted by atomic mass is 32.2. The number of amides is 1. The predicted octanol–water partition coefficient (Wildman–Crippen LogP) is 2.84. The Morgan fingerprint density at radius 1 is 1.30 bits per heavy atom. The molecule has 0 saturated carbocycles. The molecule has 2 fully saturated rings. The largest absolute Gasteiger partial charge is 0.378 e. The number of rotatable bonds is 5. The normalized spacial score (nSPS) is 18.8. The lowest BCUT2D eigenvalue weighted by Crippen LogP contribution is -2.38. The van der Waals surface area contributed by atoms with Crippen LogP contribution in [0.4, 0.5) is 5.82 Å². The van der Waals surface area contributed by atoms with E-state index in [9.17, 15) is 9.59 Å². The highest BCUT2D eigenvalue weighted by molar-refractivity contribution is 8.26. The van der Waals surface area contributed by atoms with Crippen LogP contribution < -0.4 is 10.5 Å². The highest BCUT2D eigenvalue weighted by Gasteiger charge is 2.32. The van der Waals surface area contributed by atoms with Crippen molar-refractivity contribution in [2.45, 2.75) is 26.7 Å². The second kappa shape index (κ2) is 8.87. The molecular weight excluding hydrogens is 420 g/mol. The molecule has 2 aromatic heterocycles. The summed E-state index contributed by atoms with van der Waals surface area (Å²) < 4.78 is 7.55. The predicted molar refractivity (Wildman–Crippen MR) is 124 cm³/mol. The van der Waals surface area contributed by atoms with Crippen molar-refractivity contribution >= 4 is 51.7 Å². The minimum atomic E-state index is -0.191. The average molecular weight is 445 g/mol. The van der Waals surface area contributed by atoms with E-state index in [2.05, 4.69) is 11.8 Å². The van der Waals surface area contributed by atoms with Crippen molar-refractivity contribution in [3.8, 4) is 0 Å². The molecule has 2 saturated heterocycles. The van der Waals surface area contributed by atoms with Gasteiger partial charge in [-0.05, 0) is 31.1 Å². The molecular formula is C21H24N4O3S2. The Labute approximate surface area is 184 Å². The lowest BCUT2D eigenvalue weighted by Gasteiger charge is -2.29. The molecule has 0 aliphatic carbocycles. The van der Waals surface area contributed by atoms with Gasteiger partial charge in [-0.1, -0.05) is 43.4 Å². The third-order valence-electron chi connectivity index (χ3n) is 5.26. The standard InChI is InChI=1S/C21H24N4O3S2/c1-3-4-7-25-20(27)16(30-21(25)29)13-15-18(23-9-11-28-12-10-23)22-17-14(2)6-5-8-24(17)19(15)26/h5-6,8,13H,3-4,7,9-12H2,1-2H3. The summed E-state index contributed by atoms with van der Waals surface area (Å²) in [7, 11) is 0. The summed E-state index contributed by atoms with van der Waals surface area (Å²) in [6.45, 7) is 7.05.